The van der Waals surface area contributed by atoms with Gasteiger partial charge in [0.25, 0.3) is 0 Å². The molecule has 1 saturated heterocycles. The molecule has 124 valence electrons. The van der Waals surface area contributed by atoms with Crippen molar-refractivity contribution in [2.24, 2.45) is 5.92 Å². The summed E-state index contributed by atoms with van der Waals surface area (Å²) >= 11 is 5.17. The molecular formula is C16H20N2O4S. The van der Waals surface area contributed by atoms with Gasteiger partial charge >= 0.3 is 5.97 Å². The van der Waals surface area contributed by atoms with Gasteiger partial charge in [-0.05, 0) is 29.9 Å². The van der Waals surface area contributed by atoms with Crippen molar-refractivity contribution in [2.45, 2.75) is 6.04 Å². The molecule has 0 aromatic heterocycles. The standard InChI is InChI=1S/C16H20N2O4S/c1-10-13(15(19)22-9-8-20-2)14(18-16(23)17-10)11-4-6-12(21-3)7-5-11/h4-7,13-14H,1,8-9H2,2-3H3,(H2,17,18,23)/t13-,14+/m1/s1. The van der Waals surface area contributed by atoms with E-state index in [1.807, 2.05) is 24.3 Å². The quantitative estimate of drug-likeness (QED) is 0.464. The lowest BCUT2D eigenvalue weighted by molar-refractivity contribution is -0.149. The Morgan fingerprint density at radius 2 is 1.96 bits per heavy atom. The molecule has 7 heteroatoms. The zero-order valence-electron chi connectivity index (χ0n) is 13.1. The highest BCUT2D eigenvalue weighted by molar-refractivity contribution is 7.80. The SMILES string of the molecule is C=C1NC(=S)N[C@@H](c2ccc(OC)cc2)[C@@H]1C(=O)OCCOC. The molecule has 0 spiro atoms. The summed E-state index contributed by atoms with van der Waals surface area (Å²) < 4.78 is 15.3. The average molecular weight is 336 g/mol. The zero-order chi connectivity index (χ0) is 16.8. The number of esters is 1. The maximum Gasteiger partial charge on any atom is 0.317 e. The first-order valence-electron chi connectivity index (χ1n) is 7.12. The Hall–Kier alpha value is -2.12. The molecule has 6 nitrogen and oxygen atoms in total. The third-order valence-electron chi connectivity index (χ3n) is 3.53. The third kappa shape index (κ3) is 4.20. The topological polar surface area (TPSA) is 68.8 Å². The van der Waals surface area contributed by atoms with Crippen molar-refractivity contribution < 1.29 is 19.0 Å². The second-order valence-electron chi connectivity index (χ2n) is 5.01. The maximum atomic E-state index is 12.4. The van der Waals surface area contributed by atoms with Crippen molar-refractivity contribution in [1.29, 1.82) is 0 Å². The predicted octanol–water partition coefficient (Wildman–Crippen LogP) is 1.53. The summed E-state index contributed by atoms with van der Waals surface area (Å²) in [4.78, 5) is 12.4. The summed E-state index contributed by atoms with van der Waals surface area (Å²) in [5.74, 6) is -0.231. The van der Waals surface area contributed by atoms with E-state index in [9.17, 15) is 4.79 Å². The Morgan fingerprint density at radius 1 is 1.26 bits per heavy atom. The Balaban J connectivity index is 2.21. The number of carbonyl (C=O) groups excluding carboxylic acids is 1. The van der Waals surface area contributed by atoms with Gasteiger partial charge in [-0.25, -0.2) is 0 Å². The minimum absolute atomic E-state index is 0.193. The lowest BCUT2D eigenvalue weighted by Gasteiger charge is -2.34. The molecule has 0 bridgehead atoms. The van der Waals surface area contributed by atoms with Crippen LogP contribution >= 0.6 is 12.2 Å². The smallest absolute Gasteiger partial charge is 0.317 e. The van der Waals surface area contributed by atoms with E-state index < -0.39 is 5.92 Å². The minimum atomic E-state index is -0.591. The molecule has 0 amide bonds. The Labute approximate surface area is 140 Å². The van der Waals surface area contributed by atoms with E-state index in [1.165, 1.54) is 0 Å². The van der Waals surface area contributed by atoms with Gasteiger partial charge in [-0.15, -0.1) is 0 Å². The molecule has 1 aliphatic heterocycles. The van der Waals surface area contributed by atoms with E-state index in [1.54, 1.807) is 14.2 Å². The summed E-state index contributed by atoms with van der Waals surface area (Å²) in [6, 6.07) is 7.08. The number of ether oxygens (including phenoxy) is 3. The van der Waals surface area contributed by atoms with Crippen molar-refractivity contribution in [3.63, 3.8) is 0 Å². The second kappa shape index (κ2) is 7.94. The van der Waals surface area contributed by atoms with Crippen LogP contribution in [0.2, 0.25) is 0 Å². The summed E-state index contributed by atoms with van der Waals surface area (Å²) in [7, 11) is 3.15. The number of thiocarbonyl (C=S) groups is 1. The number of methoxy groups -OCH3 is 2. The molecule has 2 rings (SSSR count). The van der Waals surface area contributed by atoms with Crippen LogP contribution < -0.4 is 15.4 Å². The van der Waals surface area contributed by atoms with Gasteiger partial charge in [-0.1, -0.05) is 18.7 Å². The van der Waals surface area contributed by atoms with E-state index in [0.717, 1.165) is 11.3 Å². The van der Waals surface area contributed by atoms with E-state index in [2.05, 4.69) is 17.2 Å². The van der Waals surface area contributed by atoms with Gasteiger partial charge in [-0.3, -0.25) is 4.79 Å². The van der Waals surface area contributed by atoms with Crippen LogP contribution in [0.3, 0.4) is 0 Å². The van der Waals surface area contributed by atoms with Crippen LogP contribution in [0.1, 0.15) is 11.6 Å². The van der Waals surface area contributed by atoms with Gasteiger partial charge in [0.05, 0.1) is 19.8 Å². The molecule has 1 aromatic rings. The first-order valence-corrected chi connectivity index (χ1v) is 7.53. The Kier molecular flexibility index (Phi) is 5.95. The fourth-order valence-corrected chi connectivity index (χ4v) is 2.62. The lowest BCUT2D eigenvalue weighted by atomic mass is 9.89. The van der Waals surface area contributed by atoms with Crippen LogP contribution in [0, 0.1) is 5.92 Å². The van der Waals surface area contributed by atoms with E-state index in [4.69, 9.17) is 26.4 Å². The Morgan fingerprint density at radius 3 is 2.57 bits per heavy atom. The van der Waals surface area contributed by atoms with Crippen LogP contribution in [-0.4, -0.2) is 38.5 Å². The maximum absolute atomic E-state index is 12.4. The molecule has 0 aliphatic carbocycles. The van der Waals surface area contributed by atoms with Crippen LogP contribution in [0.25, 0.3) is 0 Å². The molecular weight excluding hydrogens is 316 g/mol. The van der Waals surface area contributed by atoms with Gasteiger partial charge < -0.3 is 24.8 Å². The lowest BCUT2D eigenvalue weighted by Crippen LogP contribution is -2.51. The van der Waals surface area contributed by atoms with Crippen molar-refractivity contribution in [2.75, 3.05) is 27.4 Å². The van der Waals surface area contributed by atoms with Gasteiger partial charge in [0, 0.05) is 12.8 Å². The highest BCUT2D eigenvalue weighted by atomic mass is 32.1. The molecule has 1 fully saturated rings. The number of hydrogen-bond acceptors (Lipinski definition) is 5. The first kappa shape index (κ1) is 17.2. The summed E-state index contributed by atoms with van der Waals surface area (Å²) in [6.45, 7) is 4.45. The van der Waals surface area contributed by atoms with Gasteiger partial charge in [-0.2, -0.15) is 0 Å². The average Bonchev–Trinajstić information content (AvgIpc) is 2.54. The van der Waals surface area contributed by atoms with E-state index >= 15 is 0 Å². The van der Waals surface area contributed by atoms with Crippen molar-refractivity contribution in [3.05, 3.63) is 42.1 Å². The second-order valence-corrected chi connectivity index (χ2v) is 5.42. The van der Waals surface area contributed by atoms with E-state index in [-0.39, 0.29) is 18.6 Å². The molecule has 0 saturated carbocycles. The largest absolute Gasteiger partial charge is 0.497 e. The highest BCUT2D eigenvalue weighted by Gasteiger charge is 2.37. The molecule has 0 unspecified atom stereocenters. The molecule has 23 heavy (non-hydrogen) atoms. The molecule has 1 heterocycles. The van der Waals surface area contributed by atoms with Crippen molar-refractivity contribution in [1.82, 2.24) is 10.6 Å². The number of benzene rings is 1. The summed E-state index contributed by atoms with van der Waals surface area (Å²) in [6.07, 6.45) is 0. The third-order valence-corrected chi connectivity index (χ3v) is 3.75. The number of rotatable bonds is 6. The monoisotopic (exact) mass is 336 g/mol. The summed E-state index contributed by atoms with van der Waals surface area (Å²) in [5, 5.41) is 6.43. The number of carbonyl (C=O) groups is 1. The van der Waals surface area contributed by atoms with Crippen molar-refractivity contribution >= 4 is 23.3 Å². The minimum Gasteiger partial charge on any atom is -0.497 e. The molecule has 1 aliphatic rings. The van der Waals surface area contributed by atoms with Gasteiger partial charge in [0.2, 0.25) is 0 Å². The van der Waals surface area contributed by atoms with Crippen LogP contribution in [0.4, 0.5) is 0 Å². The van der Waals surface area contributed by atoms with Crippen LogP contribution in [0.15, 0.2) is 36.5 Å². The molecule has 2 atom stereocenters. The van der Waals surface area contributed by atoms with Gasteiger partial charge in [0.1, 0.15) is 18.3 Å². The number of nitrogens with one attached hydrogen (secondary N) is 2. The predicted molar refractivity (Wildman–Crippen MR) is 90.1 cm³/mol. The molecule has 2 N–H and O–H groups in total. The van der Waals surface area contributed by atoms with Crippen LogP contribution in [0.5, 0.6) is 5.75 Å². The molecule has 0 radical (unpaired) electrons. The zero-order valence-corrected chi connectivity index (χ0v) is 13.9. The fourth-order valence-electron chi connectivity index (χ4n) is 2.37. The Bertz CT molecular complexity index is 588. The molecule has 1 aromatic carbocycles. The normalized spacial score (nSPS) is 20.4. The fraction of sp³-hybridized carbons (Fsp3) is 0.375. The van der Waals surface area contributed by atoms with Gasteiger partial charge in [0.15, 0.2) is 5.11 Å². The van der Waals surface area contributed by atoms with Crippen molar-refractivity contribution in [3.8, 4) is 5.75 Å². The van der Waals surface area contributed by atoms with E-state index in [0.29, 0.717) is 17.4 Å². The highest BCUT2D eigenvalue weighted by Crippen LogP contribution is 2.31. The first-order chi connectivity index (χ1) is 11.1. The summed E-state index contributed by atoms with van der Waals surface area (Å²) in [5.41, 5.74) is 1.40. The number of hydrogen-bond donors (Lipinski definition) is 2. The van der Waals surface area contributed by atoms with Crippen LogP contribution in [-0.2, 0) is 14.3 Å².